The number of pyridine rings is 2. The van der Waals surface area contributed by atoms with E-state index in [-0.39, 0.29) is 11.5 Å². The van der Waals surface area contributed by atoms with Crippen LogP contribution in [0.4, 0.5) is 5.82 Å². The number of rotatable bonds is 29. The van der Waals surface area contributed by atoms with Gasteiger partial charge < -0.3 is 4.90 Å². The van der Waals surface area contributed by atoms with Gasteiger partial charge in [0.15, 0.2) is 0 Å². The second-order valence-corrected chi connectivity index (χ2v) is 39.8. The van der Waals surface area contributed by atoms with Gasteiger partial charge in [0.05, 0.1) is 104 Å². The van der Waals surface area contributed by atoms with Gasteiger partial charge in [-0.3, -0.25) is 9.97 Å². The first-order valence-corrected chi connectivity index (χ1v) is 49.0. The molecule has 1 fully saturated rings. The molecule has 13 N–H and O–H groups in total. The number of aryl methyl sites for hydroxylation is 13. The first-order valence-electron chi connectivity index (χ1n) is 40.2. The number of primary sulfonamides is 2. The van der Waals surface area contributed by atoms with E-state index in [1.807, 2.05) is 24.3 Å². The number of nitrogens with zero attached hydrogens (tertiary/aromatic N) is 13. The number of hydrogen-bond donors (Lipinski definition) is 8. The molecule has 5 aromatic carbocycles. The van der Waals surface area contributed by atoms with E-state index in [1.165, 1.54) is 55.6 Å². The summed E-state index contributed by atoms with van der Waals surface area (Å²) in [6.45, 7) is 24.4. The van der Waals surface area contributed by atoms with Crippen LogP contribution in [0.2, 0.25) is 0 Å². The third-order valence-electron chi connectivity index (χ3n) is 21.3. The van der Waals surface area contributed by atoms with Crippen molar-refractivity contribution in [3.8, 4) is 22.5 Å². The summed E-state index contributed by atoms with van der Waals surface area (Å²) in [5.74, 6) is 11.7. The van der Waals surface area contributed by atoms with Gasteiger partial charge in [-0.1, -0.05) is 19.3 Å². The lowest BCUT2D eigenvalue weighted by molar-refractivity contribution is 0.435. The first-order chi connectivity index (χ1) is 56.7. The standard InChI is InChI=1S/C19H28N4O2S.C18H20N4O2S.C17H19N5OS.C17H26N4OS.C16H24N4OS/c1-14-11-17-18(12-15(14)2)21-13-22-19(17)23-8-3-5-16(7-9-23)6-4-10-26(20,24)25;1-12-8-16-17(9-13(12)2)21-11-22-18(16)14-5-6-15(20-10-14)4-3-7-25(19,23)24;1-11-6-15-16(7-12(11)2)20-10-21-17(15)13-4-5-14(19-8-13)9-22-24(3,18)23;1-13-10-15-16(19-12-20-17(15)11-14(13)2)8-6-4-5-7-9-21-23(3,18)22;1-12-9-14-15(18-11-19-16(14)10-13(12)2)7-5-4-6-8-20-22(3,17)21/h11-13,16H,3-10H2,1-2H3,(H2,20,24,25);5-6,8-11H,3-4,7H2,1-2H3,(H2,19,23,24);4-8,10H,3,9H2,1-2H3,(H3,18,22,23);10-12H,3-9H2,1-2H3,(H3,18,21,22);9-11H,3-8H2,1-2H3,(H3,17,20,21). The summed E-state index contributed by atoms with van der Waals surface area (Å²) in [4.78, 5) is 55.3. The smallest absolute Gasteiger partial charge is 0.209 e. The molecule has 0 amide bonds. The average Bonchev–Trinajstić information content (AvgIpc) is 0.890. The van der Waals surface area contributed by atoms with Crippen molar-refractivity contribution >= 4 is 128 Å². The third kappa shape index (κ3) is 30.0. The Bertz CT molecular complexity index is 6150. The quantitative estimate of drug-likeness (QED) is 0.0159. The van der Waals surface area contributed by atoms with E-state index in [0.29, 0.717) is 44.8 Å². The second kappa shape index (κ2) is 43.3. The van der Waals surface area contributed by atoms with Crippen LogP contribution in [0.3, 0.4) is 0 Å². The molecular weight excluding hydrogens is 1610 g/mol. The fourth-order valence-electron chi connectivity index (χ4n) is 13.9. The molecule has 13 rings (SSSR count). The SMILES string of the molecule is C=S(N)(=O)NCCCCCCc1ncnc2cc(C)c(C)cc12.C=S(N)(=O)NCCCCCc1ncnc2cc(C)c(C)cc12.C=S(N)(=O)NCc1ccc(-c2ncnc3cc(C)c(C)cc23)cn1.Cc1cc2ncnc(-c3ccc(CCCS(N)(=O)=O)nc3)c2cc1C.Cc1cc2ncnc(N3CCCC(CCCS(N)(=O)=O)CC3)c2cc1C. The minimum Gasteiger partial charge on any atom is -0.356 e. The number of unbranched alkanes of at least 4 members (excludes halogenated alkanes) is 5. The van der Waals surface area contributed by atoms with Gasteiger partial charge in [0.25, 0.3) is 0 Å². The molecule has 1 aliphatic rings. The van der Waals surface area contributed by atoms with Crippen LogP contribution in [-0.4, -0.2) is 145 Å². The molecule has 33 heteroatoms. The van der Waals surface area contributed by atoms with Gasteiger partial charge in [0, 0.05) is 82.3 Å². The van der Waals surface area contributed by atoms with Crippen molar-refractivity contribution in [2.24, 2.45) is 31.6 Å². The lowest BCUT2D eigenvalue weighted by Gasteiger charge is -2.23. The number of sulfonamides is 2. The number of hydrogen-bond acceptors (Lipinski definition) is 20. The number of anilines is 1. The molecule has 12 aromatic rings. The fraction of sp³-hybridized carbons (Fsp3) is 0.391. The zero-order valence-electron chi connectivity index (χ0n) is 70.7. The number of fused-ring (bicyclic) bond motifs is 5. The van der Waals surface area contributed by atoms with E-state index in [0.717, 1.165) is 202 Å². The molecule has 4 atom stereocenters. The summed E-state index contributed by atoms with van der Waals surface area (Å²) in [5.41, 5.74) is 24.5. The fourth-order valence-corrected chi connectivity index (χ4v) is 16.4. The third-order valence-corrected chi connectivity index (χ3v) is 25.0. The van der Waals surface area contributed by atoms with Crippen LogP contribution in [0.5, 0.6) is 0 Å². The van der Waals surface area contributed by atoms with Gasteiger partial charge in [0.2, 0.25) is 20.0 Å². The monoisotopic (exact) mass is 1730 g/mol. The molecule has 642 valence electrons. The van der Waals surface area contributed by atoms with Gasteiger partial charge in [-0.05, 0) is 317 Å². The molecule has 28 nitrogen and oxygen atoms in total. The van der Waals surface area contributed by atoms with E-state index in [2.05, 4.69) is 226 Å². The normalized spacial score (nSPS) is 14.6. The van der Waals surface area contributed by atoms with Crippen molar-refractivity contribution in [2.75, 3.05) is 42.6 Å². The van der Waals surface area contributed by atoms with E-state index in [1.54, 1.807) is 44.0 Å². The maximum atomic E-state index is 11.4. The summed E-state index contributed by atoms with van der Waals surface area (Å²) in [6.07, 6.45) is 26.5. The van der Waals surface area contributed by atoms with Gasteiger partial charge in [-0.15, -0.1) is 0 Å². The van der Waals surface area contributed by atoms with Gasteiger partial charge >= 0.3 is 0 Å². The van der Waals surface area contributed by atoms with Crippen LogP contribution >= 0.6 is 0 Å². The van der Waals surface area contributed by atoms with Crippen LogP contribution in [0, 0.1) is 75.2 Å². The largest absolute Gasteiger partial charge is 0.356 e. The number of aromatic nitrogens is 12. The summed E-state index contributed by atoms with van der Waals surface area (Å²) in [6, 6.07) is 28.9. The van der Waals surface area contributed by atoms with Gasteiger partial charge in [-0.2, -0.15) is 0 Å². The van der Waals surface area contributed by atoms with Crippen molar-refractivity contribution in [1.29, 1.82) is 0 Å². The summed E-state index contributed by atoms with van der Waals surface area (Å²) < 4.78 is 86.0. The lowest BCUT2D eigenvalue weighted by Crippen LogP contribution is -2.31. The Morgan fingerprint density at radius 1 is 0.367 bits per heavy atom. The molecule has 8 heterocycles. The van der Waals surface area contributed by atoms with E-state index in [4.69, 9.17) is 25.7 Å². The number of nitrogens with two attached hydrogens (primary N) is 5. The Balaban J connectivity index is 0.000000171. The first kappa shape index (κ1) is 94.4. The van der Waals surface area contributed by atoms with Crippen LogP contribution in [-0.2, 0) is 75.5 Å². The highest BCUT2D eigenvalue weighted by atomic mass is 32.2. The Morgan fingerprint density at radius 3 is 1.16 bits per heavy atom. The van der Waals surface area contributed by atoms with Crippen LogP contribution < -0.4 is 44.8 Å². The van der Waals surface area contributed by atoms with Crippen molar-refractivity contribution < 1.29 is 29.5 Å². The summed E-state index contributed by atoms with van der Waals surface area (Å²) >= 11 is 0. The Hall–Kier alpha value is -9.46. The van der Waals surface area contributed by atoms with Crippen molar-refractivity contribution in [3.63, 3.8) is 0 Å². The number of nitrogens with one attached hydrogen (secondary N) is 3. The maximum absolute atomic E-state index is 11.4. The van der Waals surface area contributed by atoms with Crippen LogP contribution in [0.1, 0.15) is 162 Å². The summed E-state index contributed by atoms with van der Waals surface area (Å²) in [7, 11) is -14.6. The predicted octanol–water partition coefficient (Wildman–Crippen LogP) is 11.9. The van der Waals surface area contributed by atoms with Gasteiger partial charge in [0.1, 0.15) is 37.5 Å². The topological polar surface area (TPSA) is 444 Å². The van der Waals surface area contributed by atoms with E-state index < -0.39 is 49.7 Å². The predicted molar refractivity (Wildman–Crippen MR) is 496 cm³/mol. The molecule has 0 spiro atoms. The Morgan fingerprint density at radius 2 is 0.733 bits per heavy atom. The molecule has 0 radical (unpaired) electrons. The minimum atomic E-state index is -3.42. The van der Waals surface area contributed by atoms with Gasteiger partial charge in [-0.25, -0.2) is 119 Å². The van der Waals surface area contributed by atoms with Crippen LogP contribution in [0.15, 0.2) is 129 Å². The van der Waals surface area contributed by atoms with Crippen molar-refractivity contribution in [1.82, 2.24) is 74.0 Å². The molecule has 1 saturated heterocycles. The molecule has 0 bridgehead atoms. The molecular formula is C87H117N21O7S5. The Labute approximate surface area is 708 Å². The lowest BCUT2D eigenvalue weighted by atomic mass is 9.96. The molecule has 0 saturated carbocycles. The molecule has 7 aromatic heterocycles. The van der Waals surface area contributed by atoms with E-state index in [9.17, 15) is 29.5 Å². The second-order valence-electron chi connectivity index (χ2n) is 31.2. The zero-order chi connectivity index (χ0) is 87.1. The van der Waals surface area contributed by atoms with E-state index >= 15 is 0 Å². The average molecular weight is 1730 g/mol. The van der Waals surface area contributed by atoms with Crippen molar-refractivity contribution in [3.05, 3.63) is 207 Å². The molecule has 120 heavy (non-hydrogen) atoms. The highest BCUT2D eigenvalue weighted by Crippen LogP contribution is 2.33. The zero-order valence-corrected chi connectivity index (χ0v) is 74.8. The minimum absolute atomic E-state index is 0.0361. The molecule has 4 unspecified atom stereocenters. The Kier molecular flexibility index (Phi) is 34.1. The summed E-state index contributed by atoms with van der Waals surface area (Å²) in [5, 5.41) is 31.5. The molecule has 1 aliphatic heterocycles. The van der Waals surface area contributed by atoms with Crippen LogP contribution in [0.25, 0.3) is 77.0 Å². The number of benzene rings is 5. The highest BCUT2D eigenvalue weighted by molar-refractivity contribution is 7.97. The molecule has 0 aliphatic carbocycles. The highest BCUT2D eigenvalue weighted by Gasteiger charge is 2.22. The maximum Gasteiger partial charge on any atom is 0.209 e. The van der Waals surface area contributed by atoms with Crippen molar-refractivity contribution in [2.45, 2.75) is 179 Å².